The molecule has 0 saturated heterocycles. The molecule has 1 aromatic heterocycles. The van der Waals surface area contributed by atoms with E-state index in [2.05, 4.69) is 57.5 Å². The number of anilines is 1. The number of ether oxygens (including phenoxy) is 1. The number of fused-ring (bicyclic) bond motifs is 1. The Morgan fingerprint density at radius 3 is 2.62 bits per heavy atom. The minimum Gasteiger partial charge on any atom is -0.496 e. The SMILES string of the molecule is CCC(C)c1ccc2oc(-c3ccc(NC(=S)NC(=O)c4cc(Br)ccc4OC)cc3)nc2c1. The number of oxazole rings is 1. The largest absolute Gasteiger partial charge is 0.496 e. The van der Waals surface area contributed by atoms with Crippen molar-refractivity contribution in [3.05, 3.63) is 76.3 Å². The average Bonchev–Trinajstić information content (AvgIpc) is 3.27. The fourth-order valence-electron chi connectivity index (χ4n) is 3.50. The maximum Gasteiger partial charge on any atom is 0.261 e. The number of nitrogens with zero attached hydrogens (tertiary/aromatic N) is 1. The minimum atomic E-state index is -0.365. The van der Waals surface area contributed by atoms with Gasteiger partial charge in [-0.3, -0.25) is 10.1 Å². The van der Waals surface area contributed by atoms with Crippen LogP contribution in [-0.4, -0.2) is 23.1 Å². The number of aromatic nitrogens is 1. The number of rotatable bonds is 6. The van der Waals surface area contributed by atoms with Crippen molar-refractivity contribution in [1.29, 1.82) is 0 Å². The van der Waals surface area contributed by atoms with E-state index in [1.54, 1.807) is 18.2 Å². The van der Waals surface area contributed by atoms with E-state index < -0.39 is 0 Å². The highest BCUT2D eigenvalue weighted by molar-refractivity contribution is 9.10. The van der Waals surface area contributed by atoms with Gasteiger partial charge >= 0.3 is 0 Å². The van der Waals surface area contributed by atoms with E-state index in [9.17, 15) is 4.79 Å². The van der Waals surface area contributed by atoms with Crippen molar-refractivity contribution < 1.29 is 13.9 Å². The quantitative estimate of drug-likeness (QED) is 0.260. The maximum absolute atomic E-state index is 12.6. The average molecular weight is 538 g/mol. The lowest BCUT2D eigenvalue weighted by atomic mass is 9.98. The van der Waals surface area contributed by atoms with Crippen molar-refractivity contribution in [1.82, 2.24) is 10.3 Å². The van der Waals surface area contributed by atoms with E-state index in [1.807, 2.05) is 30.3 Å². The van der Waals surface area contributed by atoms with Crippen LogP contribution >= 0.6 is 28.1 Å². The number of thiocarbonyl (C=S) groups is 1. The zero-order valence-corrected chi connectivity index (χ0v) is 21.4. The molecule has 4 aromatic rings. The third-order valence-corrected chi connectivity index (χ3v) is 6.31. The summed E-state index contributed by atoms with van der Waals surface area (Å²) < 4.78 is 12.0. The van der Waals surface area contributed by atoms with Gasteiger partial charge in [0.15, 0.2) is 10.7 Å². The first kappa shape index (κ1) is 23.9. The van der Waals surface area contributed by atoms with E-state index >= 15 is 0 Å². The van der Waals surface area contributed by atoms with Gasteiger partial charge in [0, 0.05) is 15.7 Å². The molecule has 2 N–H and O–H groups in total. The molecule has 1 amide bonds. The van der Waals surface area contributed by atoms with Crippen LogP contribution in [0, 0.1) is 0 Å². The molecule has 1 heterocycles. The van der Waals surface area contributed by atoms with Crippen molar-refractivity contribution in [3.8, 4) is 17.2 Å². The van der Waals surface area contributed by atoms with E-state index in [0.29, 0.717) is 23.1 Å². The molecule has 3 aromatic carbocycles. The molecule has 0 aliphatic rings. The summed E-state index contributed by atoms with van der Waals surface area (Å²) >= 11 is 8.68. The van der Waals surface area contributed by atoms with Crippen LogP contribution in [0.5, 0.6) is 5.75 Å². The number of benzene rings is 3. The summed E-state index contributed by atoms with van der Waals surface area (Å²) in [5.41, 5.74) is 4.82. The third-order valence-electron chi connectivity index (χ3n) is 5.62. The molecule has 0 spiro atoms. The Hall–Kier alpha value is -3.23. The highest BCUT2D eigenvalue weighted by atomic mass is 79.9. The Labute approximate surface area is 211 Å². The Balaban J connectivity index is 1.44. The van der Waals surface area contributed by atoms with Crippen LogP contribution < -0.4 is 15.4 Å². The maximum atomic E-state index is 12.6. The summed E-state index contributed by atoms with van der Waals surface area (Å²) in [6, 6.07) is 18.9. The Morgan fingerprint density at radius 1 is 1.15 bits per heavy atom. The second-order valence-corrected chi connectivity index (χ2v) is 9.21. The van der Waals surface area contributed by atoms with Crippen LogP contribution in [0.15, 0.2) is 69.6 Å². The Bertz CT molecular complexity index is 1350. The zero-order chi connectivity index (χ0) is 24.2. The summed E-state index contributed by atoms with van der Waals surface area (Å²) in [4.78, 5) is 17.3. The van der Waals surface area contributed by atoms with Gasteiger partial charge < -0.3 is 14.5 Å². The molecule has 0 radical (unpaired) electrons. The smallest absolute Gasteiger partial charge is 0.261 e. The monoisotopic (exact) mass is 537 g/mol. The lowest BCUT2D eigenvalue weighted by molar-refractivity contribution is 0.0974. The van der Waals surface area contributed by atoms with Crippen molar-refractivity contribution in [2.75, 3.05) is 12.4 Å². The van der Waals surface area contributed by atoms with Crippen LogP contribution in [0.1, 0.15) is 42.1 Å². The van der Waals surface area contributed by atoms with E-state index in [-0.39, 0.29) is 11.0 Å². The fourth-order valence-corrected chi connectivity index (χ4v) is 4.07. The van der Waals surface area contributed by atoms with Crippen molar-refractivity contribution >= 4 is 56.0 Å². The summed E-state index contributed by atoms with van der Waals surface area (Å²) in [7, 11) is 1.51. The van der Waals surface area contributed by atoms with Gasteiger partial charge in [-0.2, -0.15) is 0 Å². The second kappa shape index (κ2) is 10.4. The van der Waals surface area contributed by atoms with Crippen LogP contribution in [0.25, 0.3) is 22.6 Å². The Kier molecular flexibility index (Phi) is 7.29. The number of amides is 1. The van der Waals surface area contributed by atoms with Gasteiger partial charge in [0.25, 0.3) is 5.91 Å². The van der Waals surface area contributed by atoms with E-state index in [1.165, 1.54) is 12.7 Å². The number of carbonyl (C=O) groups excluding carboxylic acids is 1. The molecule has 0 fully saturated rings. The number of hydrogen-bond donors (Lipinski definition) is 2. The molecule has 6 nitrogen and oxygen atoms in total. The lowest BCUT2D eigenvalue weighted by Crippen LogP contribution is -2.34. The second-order valence-electron chi connectivity index (χ2n) is 7.89. The number of halogens is 1. The van der Waals surface area contributed by atoms with Crippen molar-refractivity contribution in [2.24, 2.45) is 0 Å². The molecule has 0 saturated carbocycles. The first-order valence-electron chi connectivity index (χ1n) is 10.8. The standard InChI is InChI=1S/C26H24BrN3O3S/c1-4-15(2)17-7-11-23-21(13-17)29-25(33-23)16-5-9-19(10-6-16)28-26(34)30-24(31)20-14-18(27)8-12-22(20)32-3/h5-15H,4H2,1-3H3,(H2,28,30,31,34). The van der Waals surface area contributed by atoms with E-state index in [0.717, 1.165) is 33.2 Å². The van der Waals surface area contributed by atoms with Crippen molar-refractivity contribution in [3.63, 3.8) is 0 Å². The molecule has 0 aliphatic carbocycles. The van der Waals surface area contributed by atoms with Gasteiger partial charge in [-0.05, 0) is 84.7 Å². The molecule has 1 unspecified atom stereocenters. The number of methoxy groups -OCH3 is 1. The van der Waals surface area contributed by atoms with Crippen LogP contribution in [0.2, 0.25) is 0 Å². The van der Waals surface area contributed by atoms with Gasteiger partial charge in [-0.15, -0.1) is 0 Å². The molecule has 174 valence electrons. The van der Waals surface area contributed by atoms with Crippen LogP contribution in [-0.2, 0) is 0 Å². The summed E-state index contributed by atoms with van der Waals surface area (Å²) in [6.45, 7) is 4.38. The summed E-state index contributed by atoms with van der Waals surface area (Å²) in [5, 5.41) is 5.88. The third kappa shape index (κ3) is 5.29. The van der Waals surface area contributed by atoms with E-state index in [4.69, 9.17) is 21.4 Å². The molecule has 8 heteroatoms. The van der Waals surface area contributed by atoms with Gasteiger partial charge in [-0.25, -0.2) is 4.98 Å². The molecule has 4 rings (SSSR count). The predicted octanol–water partition coefficient (Wildman–Crippen LogP) is 6.91. The molecule has 34 heavy (non-hydrogen) atoms. The van der Waals surface area contributed by atoms with Crippen LogP contribution in [0.3, 0.4) is 0 Å². The molecule has 1 atom stereocenters. The number of nitrogens with one attached hydrogen (secondary N) is 2. The van der Waals surface area contributed by atoms with Gasteiger partial charge in [0.1, 0.15) is 11.3 Å². The predicted molar refractivity (Wildman–Crippen MR) is 143 cm³/mol. The molecule has 0 bridgehead atoms. The lowest BCUT2D eigenvalue weighted by Gasteiger charge is -2.12. The van der Waals surface area contributed by atoms with Gasteiger partial charge in [0.2, 0.25) is 5.89 Å². The molecular formula is C26H24BrN3O3S. The minimum absolute atomic E-state index is 0.180. The van der Waals surface area contributed by atoms with Crippen molar-refractivity contribution in [2.45, 2.75) is 26.2 Å². The highest BCUT2D eigenvalue weighted by Crippen LogP contribution is 2.28. The molecule has 0 aliphatic heterocycles. The van der Waals surface area contributed by atoms with Gasteiger partial charge in [0.05, 0.1) is 12.7 Å². The number of hydrogen-bond acceptors (Lipinski definition) is 5. The molecular weight excluding hydrogens is 514 g/mol. The summed E-state index contributed by atoms with van der Waals surface area (Å²) in [6.07, 6.45) is 1.07. The topological polar surface area (TPSA) is 76.4 Å². The normalized spacial score (nSPS) is 11.8. The fraction of sp³-hybridized carbons (Fsp3) is 0.192. The van der Waals surface area contributed by atoms with Crippen LogP contribution in [0.4, 0.5) is 5.69 Å². The number of carbonyl (C=O) groups is 1. The zero-order valence-electron chi connectivity index (χ0n) is 19.0. The first-order chi connectivity index (χ1) is 16.4. The highest BCUT2D eigenvalue weighted by Gasteiger charge is 2.15. The Morgan fingerprint density at radius 2 is 1.91 bits per heavy atom. The van der Waals surface area contributed by atoms with Gasteiger partial charge in [-0.1, -0.05) is 35.8 Å². The first-order valence-corrected chi connectivity index (χ1v) is 12.0. The summed E-state index contributed by atoms with van der Waals surface area (Å²) in [5.74, 6) is 1.13.